The molecule has 2 N–H and O–H groups in total. The number of nitrogens with one attached hydrogen (secondary N) is 1. The Morgan fingerprint density at radius 3 is 3.25 bits per heavy atom. The smallest absolute Gasteiger partial charge is 0.172 e. The SMILES string of the molecule is C[C@]12CNc3nnc(Cl)cc3N1C[C@@H](O)C2. The summed E-state index contributed by atoms with van der Waals surface area (Å²) in [7, 11) is 0. The minimum absolute atomic E-state index is 0.0568. The van der Waals surface area contributed by atoms with Crippen molar-refractivity contribution in [2.24, 2.45) is 0 Å². The Morgan fingerprint density at radius 2 is 2.44 bits per heavy atom. The number of aliphatic hydroxyl groups is 1. The molecular formula is C10H13ClN4O. The third kappa shape index (κ3) is 1.35. The number of anilines is 2. The van der Waals surface area contributed by atoms with E-state index >= 15 is 0 Å². The van der Waals surface area contributed by atoms with Crippen LogP contribution in [0.5, 0.6) is 0 Å². The molecule has 0 aromatic carbocycles. The van der Waals surface area contributed by atoms with Gasteiger partial charge in [-0.25, -0.2) is 0 Å². The first-order valence-electron chi connectivity index (χ1n) is 5.31. The Labute approximate surface area is 98.4 Å². The molecular weight excluding hydrogens is 228 g/mol. The van der Waals surface area contributed by atoms with Gasteiger partial charge in [0, 0.05) is 19.2 Å². The number of halogens is 1. The third-order valence-electron chi connectivity index (χ3n) is 3.39. The Hall–Kier alpha value is -1.07. The standard InChI is InChI=1S/C10H13ClN4O/c1-10-3-6(16)4-15(10)7-2-8(11)13-14-9(7)12-5-10/h2,6,16H,3-5H2,1H3,(H,12,14)/t6-,10-/m0/s1. The molecule has 1 aromatic heterocycles. The zero-order valence-electron chi connectivity index (χ0n) is 8.94. The van der Waals surface area contributed by atoms with Gasteiger partial charge in [-0.05, 0) is 13.3 Å². The fourth-order valence-electron chi connectivity index (χ4n) is 2.64. The highest BCUT2D eigenvalue weighted by Crippen LogP contribution is 2.41. The summed E-state index contributed by atoms with van der Waals surface area (Å²) in [6, 6.07) is 1.80. The topological polar surface area (TPSA) is 61.3 Å². The quantitative estimate of drug-likeness (QED) is 0.705. The van der Waals surface area contributed by atoms with Crippen LogP contribution in [0.3, 0.4) is 0 Å². The molecule has 1 fully saturated rings. The van der Waals surface area contributed by atoms with Gasteiger partial charge in [0.05, 0.1) is 17.3 Å². The summed E-state index contributed by atoms with van der Waals surface area (Å²) in [6.45, 7) is 3.54. The molecule has 3 heterocycles. The molecule has 0 aliphatic carbocycles. The maximum atomic E-state index is 9.78. The van der Waals surface area contributed by atoms with Gasteiger partial charge in [0.25, 0.3) is 0 Å². The number of hydrogen-bond donors (Lipinski definition) is 2. The molecule has 0 spiro atoms. The van der Waals surface area contributed by atoms with Crippen molar-refractivity contribution in [3.05, 3.63) is 11.2 Å². The highest BCUT2D eigenvalue weighted by atomic mass is 35.5. The van der Waals surface area contributed by atoms with Gasteiger partial charge in [0.15, 0.2) is 11.0 Å². The molecule has 0 bridgehead atoms. The maximum absolute atomic E-state index is 9.78. The summed E-state index contributed by atoms with van der Waals surface area (Å²) in [5.41, 5.74) is 0.879. The fourth-order valence-corrected chi connectivity index (χ4v) is 2.78. The first-order valence-corrected chi connectivity index (χ1v) is 5.69. The highest BCUT2D eigenvalue weighted by Gasteiger charge is 2.45. The number of fused-ring (bicyclic) bond motifs is 3. The van der Waals surface area contributed by atoms with Crippen LogP contribution in [0, 0.1) is 0 Å². The van der Waals surface area contributed by atoms with E-state index < -0.39 is 0 Å². The molecule has 0 radical (unpaired) electrons. The minimum Gasteiger partial charge on any atom is -0.391 e. The molecule has 0 unspecified atom stereocenters. The number of nitrogens with zero attached hydrogens (tertiary/aromatic N) is 3. The number of aliphatic hydroxyl groups excluding tert-OH is 1. The first-order chi connectivity index (χ1) is 7.58. The first kappa shape index (κ1) is 10.1. The summed E-state index contributed by atoms with van der Waals surface area (Å²) >= 11 is 5.86. The molecule has 16 heavy (non-hydrogen) atoms. The van der Waals surface area contributed by atoms with Crippen LogP contribution >= 0.6 is 11.6 Å². The molecule has 86 valence electrons. The van der Waals surface area contributed by atoms with E-state index in [0.29, 0.717) is 11.7 Å². The van der Waals surface area contributed by atoms with Crippen molar-refractivity contribution in [3.63, 3.8) is 0 Å². The number of β-amino-alcohol motifs (C(OH)–C–C–N with tert-alkyl or cyclic N) is 1. The Balaban J connectivity index is 2.08. The van der Waals surface area contributed by atoms with Gasteiger partial charge in [-0.2, -0.15) is 0 Å². The molecule has 1 aromatic rings. The summed E-state index contributed by atoms with van der Waals surface area (Å²) in [6.07, 6.45) is 0.476. The average Bonchev–Trinajstić information content (AvgIpc) is 2.53. The van der Waals surface area contributed by atoms with Gasteiger partial charge >= 0.3 is 0 Å². The molecule has 0 saturated carbocycles. The van der Waals surface area contributed by atoms with Crippen LogP contribution in [-0.2, 0) is 0 Å². The average molecular weight is 241 g/mol. The molecule has 6 heteroatoms. The zero-order valence-corrected chi connectivity index (χ0v) is 9.70. The van der Waals surface area contributed by atoms with Gasteiger partial charge in [0.2, 0.25) is 0 Å². The van der Waals surface area contributed by atoms with Crippen LogP contribution in [0.1, 0.15) is 13.3 Å². The minimum atomic E-state index is -0.287. The lowest BCUT2D eigenvalue weighted by molar-refractivity contribution is 0.187. The van der Waals surface area contributed by atoms with Crippen LogP contribution in [0.4, 0.5) is 11.5 Å². The predicted molar refractivity (Wildman–Crippen MR) is 61.9 cm³/mol. The van der Waals surface area contributed by atoms with Crippen LogP contribution in [-0.4, -0.2) is 40.0 Å². The van der Waals surface area contributed by atoms with Gasteiger partial charge in [0.1, 0.15) is 0 Å². The van der Waals surface area contributed by atoms with E-state index in [2.05, 4.69) is 27.3 Å². The van der Waals surface area contributed by atoms with Crippen molar-refractivity contribution in [2.45, 2.75) is 25.0 Å². The second-order valence-corrected chi connectivity index (χ2v) is 5.11. The van der Waals surface area contributed by atoms with Crippen LogP contribution in [0.25, 0.3) is 0 Å². The van der Waals surface area contributed by atoms with Crippen molar-refractivity contribution in [1.29, 1.82) is 0 Å². The number of hydrogen-bond acceptors (Lipinski definition) is 5. The van der Waals surface area contributed by atoms with E-state index in [4.69, 9.17) is 11.6 Å². The second kappa shape index (κ2) is 3.21. The lowest BCUT2D eigenvalue weighted by Gasteiger charge is -2.41. The van der Waals surface area contributed by atoms with Crippen molar-refractivity contribution >= 4 is 23.1 Å². The highest BCUT2D eigenvalue weighted by molar-refractivity contribution is 6.29. The van der Waals surface area contributed by atoms with Crippen molar-refractivity contribution < 1.29 is 5.11 Å². The van der Waals surface area contributed by atoms with E-state index in [1.807, 2.05) is 0 Å². The van der Waals surface area contributed by atoms with Crippen LogP contribution in [0.2, 0.25) is 5.15 Å². The van der Waals surface area contributed by atoms with E-state index in [1.165, 1.54) is 0 Å². The summed E-state index contributed by atoms with van der Waals surface area (Å²) in [4.78, 5) is 2.17. The van der Waals surface area contributed by atoms with Gasteiger partial charge in [-0.1, -0.05) is 11.6 Å². The molecule has 2 aliphatic rings. The maximum Gasteiger partial charge on any atom is 0.172 e. The lowest BCUT2D eigenvalue weighted by atomic mass is 9.96. The number of aromatic nitrogens is 2. The summed E-state index contributed by atoms with van der Waals surface area (Å²) < 4.78 is 0. The Bertz CT molecular complexity index is 441. The molecule has 3 rings (SSSR count). The second-order valence-electron chi connectivity index (χ2n) is 4.72. The van der Waals surface area contributed by atoms with Crippen LogP contribution < -0.4 is 10.2 Å². The molecule has 2 aliphatic heterocycles. The monoisotopic (exact) mass is 240 g/mol. The van der Waals surface area contributed by atoms with Crippen LogP contribution in [0.15, 0.2) is 6.07 Å². The van der Waals surface area contributed by atoms with Gasteiger partial charge in [-0.3, -0.25) is 0 Å². The molecule has 2 atom stereocenters. The Morgan fingerprint density at radius 1 is 1.62 bits per heavy atom. The van der Waals surface area contributed by atoms with E-state index in [1.54, 1.807) is 6.07 Å². The van der Waals surface area contributed by atoms with Gasteiger partial charge in [-0.15, -0.1) is 10.2 Å². The zero-order chi connectivity index (χ0) is 11.3. The van der Waals surface area contributed by atoms with Crippen molar-refractivity contribution in [3.8, 4) is 0 Å². The van der Waals surface area contributed by atoms with E-state index in [-0.39, 0.29) is 11.6 Å². The normalized spacial score (nSPS) is 31.9. The van der Waals surface area contributed by atoms with E-state index in [9.17, 15) is 5.11 Å². The fraction of sp³-hybridized carbons (Fsp3) is 0.600. The Kier molecular flexibility index (Phi) is 2.03. The molecule has 1 saturated heterocycles. The largest absolute Gasteiger partial charge is 0.391 e. The third-order valence-corrected chi connectivity index (χ3v) is 3.58. The molecule has 5 nitrogen and oxygen atoms in total. The summed E-state index contributed by atoms with van der Waals surface area (Å²) in [5.74, 6) is 0.746. The van der Waals surface area contributed by atoms with Crippen molar-refractivity contribution in [2.75, 3.05) is 23.3 Å². The summed E-state index contributed by atoms with van der Waals surface area (Å²) in [5, 5.41) is 21.2. The predicted octanol–water partition coefficient (Wildman–Crippen LogP) is 0.885. The van der Waals surface area contributed by atoms with E-state index in [0.717, 1.165) is 24.5 Å². The molecule has 0 amide bonds. The van der Waals surface area contributed by atoms with Gasteiger partial charge < -0.3 is 15.3 Å². The number of rotatable bonds is 0. The van der Waals surface area contributed by atoms with Crippen molar-refractivity contribution in [1.82, 2.24) is 10.2 Å². The lowest BCUT2D eigenvalue weighted by Crippen LogP contribution is -2.50.